The number of carbonyl (C=O) groups is 1. The van der Waals surface area contributed by atoms with Gasteiger partial charge in [-0.3, -0.25) is 9.88 Å². The van der Waals surface area contributed by atoms with E-state index in [4.69, 9.17) is 14.5 Å². The molecule has 3 rings (SSSR count). The third-order valence-electron chi connectivity index (χ3n) is 5.07. The molecular formula is C20H26N2O3. The molecule has 0 N–H and O–H groups in total. The Kier molecular flexibility index (Phi) is 5.35. The van der Waals surface area contributed by atoms with Crippen molar-refractivity contribution in [3.63, 3.8) is 0 Å². The highest BCUT2D eigenvalue weighted by molar-refractivity contribution is 5.98. The number of aromatic nitrogens is 1. The molecule has 25 heavy (non-hydrogen) atoms. The molecule has 0 spiro atoms. The zero-order chi connectivity index (χ0) is 18.0. The number of fused-ring (bicyclic) bond motifs is 1. The number of carbonyl (C=O) groups excluding carboxylic acids is 1. The van der Waals surface area contributed by atoms with E-state index < -0.39 is 0 Å². The van der Waals surface area contributed by atoms with Crippen molar-refractivity contribution in [3.05, 3.63) is 41.1 Å². The maximum atomic E-state index is 12.6. The quantitative estimate of drug-likeness (QED) is 0.798. The molecule has 1 aromatic heterocycles. The smallest absolute Gasteiger partial charge is 0.340 e. The molecule has 0 amide bonds. The van der Waals surface area contributed by atoms with Gasteiger partial charge in [0.1, 0.15) is 0 Å². The zero-order valence-electron chi connectivity index (χ0n) is 15.4. The number of rotatable bonds is 4. The number of para-hydroxylation sites is 1. The number of aryl methyl sites for hydroxylation is 1. The van der Waals surface area contributed by atoms with Crippen LogP contribution in [0, 0.1) is 6.92 Å². The highest BCUT2D eigenvalue weighted by Gasteiger charge is 2.28. The molecule has 1 aromatic carbocycles. The van der Waals surface area contributed by atoms with Gasteiger partial charge >= 0.3 is 5.97 Å². The molecule has 1 saturated heterocycles. The Labute approximate surface area is 148 Å². The fourth-order valence-electron chi connectivity index (χ4n) is 3.44. The molecule has 0 saturated carbocycles. The average Bonchev–Trinajstić information content (AvgIpc) is 2.59. The van der Waals surface area contributed by atoms with E-state index in [-0.39, 0.29) is 18.1 Å². The highest BCUT2D eigenvalue weighted by Crippen LogP contribution is 2.26. The summed E-state index contributed by atoms with van der Waals surface area (Å²) in [7, 11) is 0. The molecule has 1 aliphatic heterocycles. The number of hydrogen-bond acceptors (Lipinski definition) is 5. The van der Waals surface area contributed by atoms with Crippen LogP contribution in [0.2, 0.25) is 0 Å². The first-order valence-corrected chi connectivity index (χ1v) is 8.94. The van der Waals surface area contributed by atoms with Crippen molar-refractivity contribution >= 4 is 16.9 Å². The molecule has 0 unspecified atom stereocenters. The normalized spacial score (nSPS) is 21.4. The third-order valence-corrected chi connectivity index (χ3v) is 5.07. The molecule has 0 bridgehead atoms. The van der Waals surface area contributed by atoms with Crippen molar-refractivity contribution in [3.8, 4) is 0 Å². The van der Waals surface area contributed by atoms with Crippen molar-refractivity contribution in [2.75, 3.05) is 19.8 Å². The summed E-state index contributed by atoms with van der Waals surface area (Å²) >= 11 is 0. The van der Waals surface area contributed by atoms with Crippen molar-refractivity contribution in [1.29, 1.82) is 0 Å². The first-order valence-electron chi connectivity index (χ1n) is 8.94. The Morgan fingerprint density at radius 3 is 2.88 bits per heavy atom. The lowest BCUT2D eigenvalue weighted by Gasteiger charge is -2.37. The fourth-order valence-corrected chi connectivity index (χ4v) is 3.44. The predicted octanol–water partition coefficient (Wildman–Crippen LogP) is 3.33. The van der Waals surface area contributed by atoms with E-state index in [2.05, 4.69) is 18.7 Å². The van der Waals surface area contributed by atoms with Crippen LogP contribution in [0.15, 0.2) is 24.3 Å². The van der Waals surface area contributed by atoms with Gasteiger partial charge in [0.25, 0.3) is 0 Å². The van der Waals surface area contributed by atoms with E-state index in [0.29, 0.717) is 25.3 Å². The van der Waals surface area contributed by atoms with Crippen LogP contribution in [0.25, 0.3) is 10.9 Å². The first-order chi connectivity index (χ1) is 12.0. The molecule has 2 aromatic rings. The number of pyridine rings is 1. The molecule has 134 valence electrons. The number of esters is 1. The van der Waals surface area contributed by atoms with Crippen LogP contribution in [0.1, 0.15) is 42.4 Å². The lowest BCUT2D eigenvalue weighted by molar-refractivity contribution is -0.0589. The van der Waals surface area contributed by atoms with Crippen molar-refractivity contribution in [1.82, 2.24) is 9.88 Å². The fraction of sp³-hybridized carbons (Fsp3) is 0.500. The van der Waals surface area contributed by atoms with E-state index >= 15 is 0 Å². The lowest BCUT2D eigenvalue weighted by Crippen LogP contribution is -2.48. The second kappa shape index (κ2) is 7.50. The summed E-state index contributed by atoms with van der Waals surface area (Å²) in [6.07, 6.45) is 0.168. The molecule has 2 atom stereocenters. The minimum Gasteiger partial charge on any atom is -0.462 e. The Morgan fingerprint density at radius 1 is 1.36 bits per heavy atom. The van der Waals surface area contributed by atoms with Crippen LogP contribution >= 0.6 is 0 Å². The van der Waals surface area contributed by atoms with Crippen LogP contribution in [0.3, 0.4) is 0 Å². The maximum Gasteiger partial charge on any atom is 0.340 e. The summed E-state index contributed by atoms with van der Waals surface area (Å²) in [6.45, 7) is 10.6. The Bertz CT molecular complexity index is 775. The topological polar surface area (TPSA) is 51.7 Å². The van der Waals surface area contributed by atoms with E-state index in [9.17, 15) is 4.79 Å². The number of benzene rings is 1. The van der Waals surface area contributed by atoms with Crippen molar-refractivity contribution in [2.45, 2.75) is 46.4 Å². The summed E-state index contributed by atoms with van der Waals surface area (Å²) in [6, 6.07) is 8.21. The Hall–Kier alpha value is -1.98. The second-order valence-corrected chi connectivity index (χ2v) is 6.58. The van der Waals surface area contributed by atoms with Crippen LogP contribution in [0.4, 0.5) is 0 Å². The van der Waals surface area contributed by atoms with Gasteiger partial charge in [-0.25, -0.2) is 4.79 Å². The SMILES string of the molecule is CCOC(=O)c1c(CN2CCO[C@@H](C)[C@@H]2C)nc2ccccc2c1C. The summed E-state index contributed by atoms with van der Waals surface area (Å²) in [5.41, 5.74) is 3.24. The van der Waals surface area contributed by atoms with E-state index in [1.165, 1.54) is 0 Å². The van der Waals surface area contributed by atoms with Gasteiger partial charge in [-0.2, -0.15) is 0 Å². The minimum absolute atomic E-state index is 0.168. The van der Waals surface area contributed by atoms with Crippen LogP contribution in [0.5, 0.6) is 0 Å². The number of nitrogens with zero attached hydrogens (tertiary/aromatic N) is 2. The molecule has 5 heteroatoms. The van der Waals surface area contributed by atoms with Gasteiger partial charge in [-0.05, 0) is 39.3 Å². The maximum absolute atomic E-state index is 12.6. The van der Waals surface area contributed by atoms with Gasteiger partial charge < -0.3 is 9.47 Å². The van der Waals surface area contributed by atoms with Crippen LogP contribution < -0.4 is 0 Å². The zero-order valence-corrected chi connectivity index (χ0v) is 15.4. The summed E-state index contributed by atoms with van der Waals surface area (Å²) < 4.78 is 11.0. The molecule has 0 aliphatic carbocycles. The molecule has 5 nitrogen and oxygen atoms in total. The molecule has 2 heterocycles. The van der Waals surface area contributed by atoms with Gasteiger partial charge in [0.15, 0.2) is 0 Å². The van der Waals surface area contributed by atoms with Gasteiger partial charge in [-0.15, -0.1) is 0 Å². The minimum atomic E-state index is -0.290. The van der Waals surface area contributed by atoms with Gasteiger partial charge in [0.05, 0.1) is 36.1 Å². The number of ether oxygens (including phenoxy) is 2. The van der Waals surface area contributed by atoms with Gasteiger partial charge in [0.2, 0.25) is 0 Å². The number of hydrogen-bond donors (Lipinski definition) is 0. The predicted molar refractivity (Wildman–Crippen MR) is 97.7 cm³/mol. The second-order valence-electron chi connectivity index (χ2n) is 6.58. The van der Waals surface area contributed by atoms with Crippen molar-refractivity contribution in [2.24, 2.45) is 0 Å². The molecule has 1 fully saturated rings. The average molecular weight is 342 g/mol. The summed E-state index contributed by atoms with van der Waals surface area (Å²) in [5.74, 6) is -0.290. The van der Waals surface area contributed by atoms with Gasteiger partial charge in [0, 0.05) is 24.5 Å². The monoisotopic (exact) mass is 342 g/mol. The first kappa shape index (κ1) is 17.8. The number of morpholine rings is 1. The van der Waals surface area contributed by atoms with E-state index in [0.717, 1.165) is 28.7 Å². The van der Waals surface area contributed by atoms with E-state index in [1.807, 2.05) is 38.1 Å². The highest BCUT2D eigenvalue weighted by atomic mass is 16.5. The molecule has 1 aliphatic rings. The molecule has 0 radical (unpaired) electrons. The summed E-state index contributed by atoms with van der Waals surface area (Å²) in [5, 5.41) is 0.998. The standard InChI is InChI=1S/C20H26N2O3/c1-5-24-20(23)19-13(2)16-8-6-7-9-17(16)21-18(19)12-22-10-11-25-15(4)14(22)3/h6-9,14-15H,5,10-12H2,1-4H3/t14-,15-/m0/s1. The van der Waals surface area contributed by atoms with E-state index in [1.54, 1.807) is 0 Å². The van der Waals surface area contributed by atoms with Crippen molar-refractivity contribution < 1.29 is 14.3 Å². The summed E-state index contributed by atoms with van der Waals surface area (Å²) in [4.78, 5) is 19.7. The van der Waals surface area contributed by atoms with Crippen LogP contribution in [-0.4, -0.2) is 47.8 Å². The van der Waals surface area contributed by atoms with Gasteiger partial charge in [-0.1, -0.05) is 18.2 Å². The Balaban J connectivity index is 2.05. The molecular weight excluding hydrogens is 316 g/mol. The lowest BCUT2D eigenvalue weighted by atomic mass is 10.0. The third kappa shape index (κ3) is 3.53. The largest absolute Gasteiger partial charge is 0.462 e. The Morgan fingerprint density at radius 2 is 2.12 bits per heavy atom. The van der Waals surface area contributed by atoms with Crippen LogP contribution in [-0.2, 0) is 16.0 Å².